The van der Waals surface area contributed by atoms with Crippen molar-refractivity contribution in [2.45, 2.75) is 37.2 Å². The van der Waals surface area contributed by atoms with Crippen LogP contribution in [0.1, 0.15) is 46.6 Å². The number of halogens is 9. The zero-order valence-electron chi connectivity index (χ0n) is 15.4. The molecule has 0 fully saturated rings. The molecule has 0 aliphatic carbocycles. The van der Waals surface area contributed by atoms with Gasteiger partial charge in [-0.2, -0.15) is 39.5 Å². The van der Waals surface area contributed by atoms with Crippen LogP contribution in [0, 0.1) is 0 Å². The van der Waals surface area contributed by atoms with E-state index in [9.17, 15) is 39.5 Å². The topological polar surface area (TPSA) is 51.6 Å². The molecule has 1 aromatic heterocycles. The standard InChI is InChI=1S/C18H14F9NO3/c1-30-13(8-14(31-29)9-2-3-28-15(6-9)18(25,26)27)10-4-11(16(19,20)21)7-12(5-10)17(22,23)24/h2-7,13-14,29H,8H2,1H3. The van der Waals surface area contributed by atoms with Crippen molar-refractivity contribution >= 4 is 0 Å². The van der Waals surface area contributed by atoms with Crippen LogP contribution in [0.15, 0.2) is 36.5 Å². The quantitative estimate of drug-likeness (QED) is 0.304. The first-order valence-electron chi connectivity index (χ1n) is 8.32. The van der Waals surface area contributed by atoms with Crippen LogP contribution in [0.5, 0.6) is 0 Å². The first-order valence-corrected chi connectivity index (χ1v) is 8.32. The van der Waals surface area contributed by atoms with Gasteiger partial charge in [-0.25, -0.2) is 4.89 Å². The first kappa shape index (κ1) is 24.9. The summed E-state index contributed by atoms with van der Waals surface area (Å²) in [7, 11) is 0.973. The molecule has 0 radical (unpaired) electrons. The number of methoxy groups -OCH3 is 1. The van der Waals surface area contributed by atoms with Gasteiger partial charge >= 0.3 is 18.5 Å². The number of aromatic nitrogens is 1. The minimum Gasteiger partial charge on any atom is -0.377 e. The van der Waals surface area contributed by atoms with Gasteiger partial charge in [0.15, 0.2) is 0 Å². The molecule has 1 heterocycles. The van der Waals surface area contributed by atoms with Crippen molar-refractivity contribution in [2.75, 3.05) is 7.11 Å². The molecule has 2 unspecified atom stereocenters. The average Bonchev–Trinajstić information content (AvgIpc) is 2.66. The Balaban J connectivity index is 2.45. The summed E-state index contributed by atoms with van der Waals surface area (Å²) in [6, 6.07) is 2.34. The zero-order chi connectivity index (χ0) is 23.6. The summed E-state index contributed by atoms with van der Waals surface area (Å²) in [5.41, 5.74) is -5.35. The lowest BCUT2D eigenvalue weighted by molar-refractivity contribution is -0.287. The predicted octanol–water partition coefficient (Wildman–Crippen LogP) is 6.45. The van der Waals surface area contributed by atoms with Crippen molar-refractivity contribution in [3.8, 4) is 0 Å². The van der Waals surface area contributed by atoms with Crippen LogP contribution in [0.3, 0.4) is 0 Å². The fourth-order valence-electron chi connectivity index (χ4n) is 2.77. The Morgan fingerprint density at radius 1 is 0.806 bits per heavy atom. The molecule has 0 spiro atoms. The third-order valence-electron chi connectivity index (χ3n) is 4.27. The second kappa shape index (κ2) is 9.01. The highest BCUT2D eigenvalue weighted by molar-refractivity contribution is 5.35. The summed E-state index contributed by atoms with van der Waals surface area (Å²) in [6.45, 7) is 0. The second-order valence-electron chi connectivity index (χ2n) is 6.37. The van der Waals surface area contributed by atoms with Crippen LogP contribution in [0.2, 0.25) is 0 Å². The van der Waals surface area contributed by atoms with E-state index in [2.05, 4.69) is 9.87 Å². The molecule has 0 aliphatic rings. The number of rotatable bonds is 6. The van der Waals surface area contributed by atoms with Gasteiger partial charge in [-0.15, -0.1) is 0 Å². The number of pyridine rings is 1. The fraction of sp³-hybridized carbons (Fsp3) is 0.389. The maximum Gasteiger partial charge on any atom is 0.433 e. The van der Waals surface area contributed by atoms with Crippen molar-refractivity contribution in [1.82, 2.24) is 4.98 Å². The molecule has 172 valence electrons. The van der Waals surface area contributed by atoms with Gasteiger partial charge in [-0.05, 0) is 41.5 Å². The molecular weight excluding hydrogens is 449 g/mol. The molecular formula is C18H14F9NO3. The molecule has 2 rings (SSSR count). The highest BCUT2D eigenvalue weighted by Gasteiger charge is 2.38. The van der Waals surface area contributed by atoms with Gasteiger partial charge in [0.1, 0.15) is 11.8 Å². The van der Waals surface area contributed by atoms with Gasteiger partial charge in [-0.3, -0.25) is 10.2 Å². The molecule has 0 bridgehead atoms. The van der Waals surface area contributed by atoms with E-state index in [1.54, 1.807) is 0 Å². The monoisotopic (exact) mass is 463 g/mol. The van der Waals surface area contributed by atoms with Crippen molar-refractivity contribution in [3.63, 3.8) is 0 Å². The first-order chi connectivity index (χ1) is 14.2. The van der Waals surface area contributed by atoms with Crippen molar-refractivity contribution in [3.05, 3.63) is 64.5 Å². The predicted molar refractivity (Wildman–Crippen MR) is 86.5 cm³/mol. The average molecular weight is 463 g/mol. The zero-order valence-corrected chi connectivity index (χ0v) is 15.4. The van der Waals surface area contributed by atoms with E-state index in [0.717, 1.165) is 19.4 Å². The van der Waals surface area contributed by atoms with E-state index in [1.165, 1.54) is 0 Å². The molecule has 2 aromatic rings. The lowest BCUT2D eigenvalue weighted by atomic mass is 9.95. The maximum atomic E-state index is 13.1. The molecule has 0 amide bonds. The van der Waals surface area contributed by atoms with E-state index in [1.807, 2.05) is 0 Å². The van der Waals surface area contributed by atoms with E-state index in [-0.39, 0.29) is 11.6 Å². The van der Waals surface area contributed by atoms with Crippen LogP contribution in [0.25, 0.3) is 0 Å². The Kier molecular flexibility index (Phi) is 7.23. The van der Waals surface area contributed by atoms with E-state index < -0.39 is 59.5 Å². The Morgan fingerprint density at radius 3 is 1.77 bits per heavy atom. The highest BCUT2D eigenvalue weighted by atomic mass is 19.4. The van der Waals surface area contributed by atoms with Gasteiger partial charge < -0.3 is 4.74 Å². The molecule has 31 heavy (non-hydrogen) atoms. The molecule has 0 saturated heterocycles. The summed E-state index contributed by atoms with van der Waals surface area (Å²) in [4.78, 5) is 7.25. The number of nitrogens with zero attached hydrogens (tertiary/aromatic N) is 1. The molecule has 13 heteroatoms. The van der Waals surface area contributed by atoms with Crippen LogP contribution < -0.4 is 0 Å². The summed E-state index contributed by atoms with van der Waals surface area (Å²) in [6.07, 6.45) is -18.0. The van der Waals surface area contributed by atoms with E-state index in [4.69, 9.17) is 9.99 Å². The fourth-order valence-corrected chi connectivity index (χ4v) is 2.77. The van der Waals surface area contributed by atoms with Crippen LogP contribution in [-0.2, 0) is 28.2 Å². The Hall–Kier alpha value is -2.38. The molecule has 2 atom stereocenters. The van der Waals surface area contributed by atoms with E-state index >= 15 is 0 Å². The van der Waals surface area contributed by atoms with Crippen molar-refractivity contribution in [2.24, 2.45) is 0 Å². The Morgan fingerprint density at radius 2 is 1.35 bits per heavy atom. The lowest BCUT2D eigenvalue weighted by Gasteiger charge is -2.23. The SMILES string of the molecule is COC(CC(OO)c1ccnc(C(F)(F)F)c1)c1cc(C(F)(F)F)cc(C(F)(F)F)c1. The van der Waals surface area contributed by atoms with E-state index in [0.29, 0.717) is 18.2 Å². The number of hydrogen-bond acceptors (Lipinski definition) is 4. The van der Waals surface area contributed by atoms with Gasteiger partial charge in [0.2, 0.25) is 0 Å². The third kappa shape index (κ3) is 6.31. The van der Waals surface area contributed by atoms with Crippen molar-refractivity contribution < 1.29 is 54.4 Å². The summed E-state index contributed by atoms with van der Waals surface area (Å²) in [5, 5.41) is 9.11. The third-order valence-corrected chi connectivity index (χ3v) is 4.27. The highest BCUT2D eigenvalue weighted by Crippen LogP contribution is 2.40. The van der Waals surface area contributed by atoms with Crippen molar-refractivity contribution in [1.29, 1.82) is 0 Å². The Bertz CT molecular complexity index is 862. The van der Waals surface area contributed by atoms with Crippen LogP contribution >= 0.6 is 0 Å². The van der Waals surface area contributed by atoms with Gasteiger partial charge in [0.05, 0.1) is 17.2 Å². The lowest BCUT2D eigenvalue weighted by Crippen LogP contribution is -2.16. The second-order valence-corrected chi connectivity index (χ2v) is 6.37. The molecule has 0 saturated carbocycles. The number of ether oxygens (including phenoxy) is 1. The smallest absolute Gasteiger partial charge is 0.377 e. The summed E-state index contributed by atoms with van der Waals surface area (Å²) < 4.78 is 122. The van der Waals surface area contributed by atoms with Crippen LogP contribution in [0.4, 0.5) is 39.5 Å². The Labute approximate surface area is 169 Å². The number of alkyl halides is 9. The van der Waals surface area contributed by atoms with Crippen LogP contribution in [-0.4, -0.2) is 17.4 Å². The molecule has 1 N–H and O–H groups in total. The van der Waals surface area contributed by atoms with Gasteiger partial charge in [0.25, 0.3) is 0 Å². The summed E-state index contributed by atoms with van der Waals surface area (Å²) >= 11 is 0. The van der Waals surface area contributed by atoms with Gasteiger partial charge in [0, 0.05) is 19.7 Å². The molecule has 4 nitrogen and oxygen atoms in total. The largest absolute Gasteiger partial charge is 0.433 e. The maximum absolute atomic E-state index is 13.1. The number of hydrogen-bond donors (Lipinski definition) is 1. The minimum atomic E-state index is -5.10. The molecule has 0 aliphatic heterocycles. The number of benzene rings is 1. The molecule has 1 aromatic carbocycles. The van der Waals surface area contributed by atoms with Gasteiger partial charge in [-0.1, -0.05) is 0 Å². The summed E-state index contributed by atoms with van der Waals surface area (Å²) in [5.74, 6) is 0. The minimum absolute atomic E-state index is 0.0747. The normalized spacial score (nSPS) is 15.1.